The summed E-state index contributed by atoms with van der Waals surface area (Å²) in [6.07, 6.45) is 7.10. The molecule has 0 amide bonds. The van der Waals surface area contributed by atoms with E-state index >= 15 is 0 Å². The fraction of sp³-hybridized carbons (Fsp3) is 0.333. The first-order chi connectivity index (χ1) is 12.5. The summed E-state index contributed by atoms with van der Waals surface area (Å²) in [5, 5.41) is 10.6. The highest BCUT2D eigenvalue weighted by Gasteiger charge is 2.21. The van der Waals surface area contributed by atoms with Crippen molar-refractivity contribution in [3.8, 4) is 11.5 Å². The number of benzene rings is 1. The van der Waals surface area contributed by atoms with Gasteiger partial charge in [0.15, 0.2) is 17.3 Å². The van der Waals surface area contributed by atoms with Crippen LogP contribution in [-0.2, 0) is 9.47 Å². The molecule has 0 aliphatic heterocycles. The number of allylic oxidation sites excluding steroid dienone is 2. The average Bonchev–Trinajstić information content (AvgIpc) is 2.65. The molecule has 142 valence electrons. The molecule has 1 N–H and O–H groups in total. The second-order valence-electron chi connectivity index (χ2n) is 5.49. The van der Waals surface area contributed by atoms with Crippen molar-refractivity contribution in [2.45, 2.75) is 26.1 Å². The molecule has 0 spiro atoms. The van der Waals surface area contributed by atoms with E-state index in [1.165, 1.54) is 20.5 Å². The first-order valence-corrected chi connectivity index (χ1v) is 8.27. The highest BCUT2D eigenvalue weighted by molar-refractivity contribution is 5.55. The molecule has 0 saturated carbocycles. The largest absolute Gasteiger partial charge is 0.501 e. The minimum absolute atomic E-state index is 0.460. The maximum Gasteiger partial charge on any atom is 0.161 e. The molecule has 0 unspecified atom stereocenters. The van der Waals surface area contributed by atoms with Crippen molar-refractivity contribution in [1.29, 1.82) is 0 Å². The third-order valence-corrected chi connectivity index (χ3v) is 3.66. The monoisotopic (exact) mass is 360 g/mol. The number of ether oxygens (including phenoxy) is 4. The second kappa shape index (κ2) is 11.1. The number of aliphatic hydroxyl groups is 1. The Morgan fingerprint density at radius 2 is 1.92 bits per heavy atom. The first kappa shape index (κ1) is 21.4. The minimum Gasteiger partial charge on any atom is -0.501 e. The van der Waals surface area contributed by atoms with Crippen LogP contribution in [0.3, 0.4) is 0 Å². The number of aliphatic hydroxyl groups excluding tert-OH is 1. The van der Waals surface area contributed by atoms with Crippen LogP contribution >= 0.6 is 0 Å². The van der Waals surface area contributed by atoms with Crippen LogP contribution in [0.15, 0.2) is 60.6 Å². The summed E-state index contributed by atoms with van der Waals surface area (Å²) in [6.45, 7) is 7.47. The van der Waals surface area contributed by atoms with Crippen molar-refractivity contribution in [2.75, 3.05) is 21.3 Å². The van der Waals surface area contributed by atoms with E-state index < -0.39 is 12.2 Å². The maximum atomic E-state index is 10.6. The lowest BCUT2D eigenvalue weighted by Crippen LogP contribution is -2.30. The van der Waals surface area contributed by atoms with E-state index in [4.69, 9.17) is 18.9 Å². The van der Waals surface area contributed by atoms with Crippen molar-refractivity contribution in [2.24, 2.45) is 0 Å². The molecule has 0 bridgehead atoms. The molecular weight excluding hydrogens is 332 g/mol. The average molecular weight is 360 g/mol. The van der Waals surface area contributed by atoms with Crippen LogP contribution in [0, 0.1) is 0 Å². The normalized spacial score (nSPS) is 14.7. The molecule has 0 radical (unpaired) electrons. The Balaban J connectivity index is 3.01. The number of hydrogen-bond donors (Lipinski definition) is 1. The fourth-order valence-electron chi connectivity index (χ4n) is 2.30. The van der Waals surface area contributed by atoms with Gasteiger partial charge in [0.2, 0.25) is 0 Å². The highest BCUT2D eigenvalue weighted by Crippen LogP contribution is 2.30. The predicted molar refractivity (Wildman–Crippen MR) is 104 cm³/mol. The zero-order valence-corrected chi connectivity index (χ0v) is 16.1. The minimum atomic E-state index is -0.914. The van der Waals surface area contributed by atoms with Gasteiger partial charge in [-0.05, 0) is 43.2 Å². The van der Waals surface area contributed by atoms with Crippen molar-refractivity contribution in [1.82, 2.24) is 0 Å². The van der Waals surface area contributed by atoms with Crippen LogP contribution in [0.25, 0.3) is 6.08 Å². The van der Waals surface area contributed by atoms with Crippen LogP contribution in [0.1, 0.15) is 19.4 Å². The topological polar surface area (TPSA) is 57.2 Å². The third-order valence-electron chi connectivity index (χ3n) is 3.66. The van der Waals surface area contributed by atoms with E-state index in [9.17, 15) is 5.11 Å². The van der Waals surface area contributed by atoms with Gasteiger partial charge in [0, 0.05) is 0 Å². The van der Waals surface area contributed by atoms with Gasteiger partial charge in [0.25, 0.3) is 0 Å². The zero-order chi connectivity index (χ0) is 19.5. The van der Waals surface area contributed by atoms with Crippen LogP contribution in [-0.4, -0.2) is 38.6 Å². The Morgan fingerprint density at radius 1 is 1.19 bits per heavy atom. The molecule has 1 aromatic rings. The van der Waals surface area contributed by atoms with Crippen LogP contribution in [0.4, 0.5) is 0 Å². The summed E-state index contributed by atoms with van der Waals surface area (Å²) >= 11 is 0. The molecule has 0 fully saturated rings. The maximum absolute atomic E-state index is 10.6. The van der Waals surface area contributed by atoms with E-state index in [-0.39, 0.29) is 0 Å². The van der Waals surface area contributed by atoms with E-state index in [0.717, 1.165) is 5.56 Å². The lowest BCUT2D eigenvalue weighted by Gasteiger charge is -2.23. The van der Waals surface area contributed by atoms with Gasteiger partial charge >= 0.3 is 0 Å². The van der Waals surface area contributed by atoms with Gasteiger partial charge < -0.3 is 24.1 Å². The highest BCUT2D eigenvalue weighted by atomic mass is 16.5. The fourth-order valence-corrected chi connectivity index (χ4v) is 2.30. The quantitative estimate of drug-likeness (QED) is 0.503. The van der Waals surface area contributed by atoms with E-state index in [1.54, 1.807) is 26.2 Å². The molecule has 0 aliphatic rings. The molecule has 5 nitrogen and oxygen atoms in total. The molecule has 5 heteroatoms. The van der Waals surface area contributed by atoms with Gasteiger partial charge in [-0.25, -0.2) is 0 Å². The Morgan fingerprint density at radius 3 is 2.46 bits per heavy atom. The summed E-state index contributed by atoms with van der Waals surface area (Å²) in [6, 6.07) is 5.62. The zero-order valence-electron chi connectivity index (χ0n) is 16.1. The van der Waals surface area contributed by atoms with Crippen molar-refractivity contribution in [3.05, 3.63) is 66.2 Å². The summed E-state index contributed by atoms with van der Waals surface area (Å²) < 4.78 is 21.4. The SMILES string of the molecule is C=CC(=CC(=COC)OC)[C@H](O)[C@H](C)Oc1ccc(C=CC)cc1OC. The van der Waals surface area contributed by atoms with Gasteiger partial charge in [0.1, 0.15) is 18.5 Å². The molecule has 2 atom stereocenters. The Kier molecular flexibility index (Phi) is 9.09. The lowest BCUT2D eigenvalue weighted by atomic mass is 10.0. The summed E-state index contributed by atoms with van der Waals surface area (Å²) in [5.74, 6) is 1.61. The Bertz CT molecular complexity index is 673. The molecule has 0 aliphatic carbocycles. The standard InChI is InChI=1S/C21H28O5/c1-7-9-16-10-11-19(20(12-16)25-6)26-15(3)21(22)17(8-2)13-18(24-5)14-23-4/h7-15,21-22H,2H2,1,3-6H3/t15-,21+/m0/s1. The smallest absolute Gasteiger partial charge is 0.161 e. The van der Waals surface area contributed by atoms with Crippen molar-refractivity contribution in [3.63, 3.8) is 0 Å². The van der Waals surface area contributed by atoms with Crippen molar-refractivity contribution < 1.29 is 24.1 Å². The third kappa shape index (κ3) is 6.01. The van der Waals surface area contributed by atoms with Gasteiger partial charge in [0.05, 0.1) is 21.3 Å². The van der Waals surface area contributed by atoms with Crippen LogP contribution in [0.5, 0.6) is 11.5 Å². The van der Waals surface area contributed by atoms with Gasteiger partial charge in [-0.1, -0.05) is 30.9 Å². The van der Waals surface area contributed by atoms with E-state index in [1.807, 2.05) is 37.3 Å². The summed E-state index contributed by atoms with van der Waals surface area (Å²) in [4.78, 5) is 0. The van der Waals surface area contributed by atoms with E-state index in [0.29, 0.717) is 22.8 Å². The second-order valence-corrected chi connectivity index (χ2v) is 5.49. The summed E-state index contributed by atoms with van der Waals surface area (Å²) in [5.41, 5.74) is 1.55. The number of methoxy groups -OCH3 is 3. The molecule has 0 saturated heterocycles. The molecule has 26 heavy (non-hydrogen) atoms. The number of hydrogen-bond acceptors (Lipinski definition) is 5. The van der Waals surface area contributed by atoms with E-state index in [2.05, 4.69) is 6.58 Å². The summed E-state index contributed by atoms with van der Waals surface area (Å²) in [7, 11) is 4.62. The van der Waals surface area contributed by atoms with Gasteiger partial charge in [-0.15, -0.1) is 0 Å². The molecule has 0 heterocycles. The molecule has 1 rings (SSSR count). The van der Waals surface area contributed by atoms with Crippen molar-refractivity contribution >= 4 is 6.08 Å². The Labute approximate surface area is 155 Å². The van der Waals surface area contributed by atoms with Crippen LogP contribution < -0.4 is 9.47 Å². The molecule has 1 aromatic carbocycles. The Hall–Kier alpha value is -2.66. The van der Waals surface area contributed by atoms with Gasteiger partial charge in [-0.2, -0.15) is 0 Å². The first-order valence-electron chi connectivity index (χ1n) is 8.27. The van der Waals surface area contributed by atoms with Gasteiger partial charge in [-0.3, -0.25) is 0 Å². The van der Waals surface area contributed by atoms with Crippen LogP contribution in [0.2, 0.25) is 0 Å². The lowest BCUT2D eigenvalue weighted by molar-refractivity contribution is 0.0716. The molecule has 0 aromatic heterocycles. The molecular formula is C21H28O5. The predicted octanol–water partition coefficient (Wildman–Crippen LogP) is 4.10. The number of rotatable bonds is 10.